The fraction of sp³-hybridized carbons (Fsp3) is 0.500. The summed E-state index contributed by atoms with van der Waals surface area (Å²) >= 11 is 0. The Labute approximate surface area is 99.0 Å². The summed E-state index contributed by atoms with van der Waals surface area (Å²) in [5.41, 5.74) is 1.06. The van der Waals surface area contributed by atoms with Crippen molar-refractivity contribution in [2.45, 2.75) is 25.3 Å². The Kier molecular flexibility index (Phi) is 3.77. The molecule has 0 amide bonds. The summed E-state index contributed by atoms with van der Waals surface area (Å²) in [6.07, 6.45) is 0.497. The molecule has 0 aromatic heterocycles. The zero-order chi connectivity index (χ0) is 12.3. The normalized spacial score (nSPS) is 24.4. The van der Waals surface area contributed by atoms with Crippen LogP contribution in [0.3, 0.4) is 0 Å². The quantitative estimate of drug-likeness (QED) is 0.714. The zero-order valence-electron chi connectivity index (χ0n) is 9.49. The summed E-state index contributed by atoms with van der Waals surface area (Å²) in [6.45, 7) is -3.70. The highest BCUT2D eigenvalue weighted by Crippen LogP contribution is 2.47. The molecule has 0 bridgehead atoms. The Balaban J connectivity index is 1.63. The number of ether oxygens (including phenoxy) is 1. The SMILES string of the molecule is F[B-](F)(F)C1CC(COCc2ccccc2)C1. The van der Waals surface area contributed by atoms with Gasteiger partial charge in [-0.1, -0.05) is 49.0 Å². The van der Waals surface area contributed by atoms with Crippen molar-refractivity contribution in [1.82, 2.24) is 0 Å². The second kappa shape index (κ2) is 5.13. The van der Waals surface area contributed by atoms with Crippen LogP contribution >= 0.6 is 0 Å². The second-order valence-corrected chi connectivity index (χ2v) is 4.72. The predicted molar refractivity (Wildman–Crippen MR) is 61.7 cm³/mol. The van der Waals surface area contributed by atoms with Crippen molar-refractivity contribution < 1.29 is 17.7 Å². The van der Waals surface area contributed by atoms with Crippen LogP contribution in [0.15, 0.2) is 30.3 Å². The first-order valence-electron chi connectivity index (χ1n) is 5.87. The Hall–Kier alpha value is -0.965. The Morgan fingerprint density at radius 2 is 1.76 bits per heavy atom. The lowest BCUT2D eigenvalue weighted by molar-refractivity contribution is 0.0545. The van der Waals surface area contributed by atoms with Gasteiger partial charge in [-0.3, -0.25) is 0 Å². The Bertz CT molecular complexity index is 347. The molecular formula is C12H15BF3O-. The molecule has 0 atom stereocenters. The van der Waals surface area contributed by atoms with Crippen molar-refractivity contribution in [3.63, 3.8) is 0 Å². The van der Waals surface area contributed by atoms with Gasteiger partial charge in [0.05, 0.1) is 6.61 Å². The van der Waals surface area contributed by atoms with E-state index in [2.05, 4.69) is 0 Å². The fourth-order valence-electron chi connectivity index (χ4n) is 2.15. The van der Waals surface area contributed by atoms with Gasteiger partial charge in [-0.2, -0.15) is 0 Å². The Morgan fingerprint density at radius 1 is 1.12 bits per heavy atom. The fourth-order valence-corrected chi connectivity index (χ4v) is 2.15. The highest BCUT2D eigenvalue weighted by Gasteiger charge is 2.43. The van der Waals surface area contributed by atoms with E-state index in [-0.39, 0.29) is 18.8 Å². The van der Waals surface area contributed by atoms with Crippen LogP contribution < -0.4 is 0 Å². The average Bonchev–Trinajstić information content (AvgIpc) is 2.21. The molecule has 1 aliphatic rings. The molecule has 0 N–H and O–H groups in total. The number of hydrogen-bond acceptors (Lipinski definition) is 1. The highest BCUT2D eigenvalue weighted by molar-refractivity contribution is 6.60. The number of benzene rings is 1. The maximum absolute atomic E-state index is 12.3. The van der Waals surface area contributed by atoms with Crippen LogP contribution in [0, 0.1) is 5.92 Å². The first kappa shape index (κ1) is 12.5. The molecule has 1 aliphatic carbocycles. The summed E-state index contributed by atoms with van der Waals surface area (Å²) in [7, 11) is 0. The molecule has 17 heavy (non-hydrogen) atoms. The molecule has 5 heteroatoms. The molecule has 0 saturated heterocycles. The topological polar surface area (TPSA) is 9.23 Å². The molecule has 0 radical (unpaired) electrons. The van der Waals surface area contributed by atoms with Crippen molar-refractivity contribution in [2.24, 2.45) is 5.92 Å². The van der Waals surface area contributed by atoms with Crippen LogP contribution in [-0.2, 0) is 11.3 Å². The lowest BCUT2D eigenvalue weighted by Crippen LogP contribution is -2.36. The third-order valence-corrected chi connectivity index (χ3v) is 3.27. The largest absolute Gasteiger partial charge is 0.481 e. The molecule has 0 heterocycles. The molecule has 1 fully saturated rings. The minimum Gasteiger partial charge on any atom is -0.449 e. The van der Waals surface area contributed by atoms with Gasteiger partial charge in [-0.15, -0.1) is 0 Å². The minimum atomic E-state index is -4.63. The second-order valence-electron chi connectivity index (χ2n) is 4.72. The lowest BCUT2D eigenvalue weighted by atomic mass is 9.56. The van der Waals surface area contributed by atoms with Crippen molar-refractivity contribution >= 4 is 6.98 Å². The van der Waals surface area contributed by atoms with Gasteiger partial charge in [-0.05, 0) is 11.5 Å². The molecule has 94 valence electrons. The molecule has 1 nitrogen and oxygen atoms in total. The zero-order valence-corrected chi connectivity index (χ0v) is 9.49. The van der Waals surface area contributed by atoms with Gasteiger partial charge in [0.1, 0.15) is 0 Å². The van der Waals surface area contributed by atoms with Gasteiger partial charge in [0.2, 0.25) is 0 Å². The van der Waals surface area contributed by atoms with Crippen LogP contribution in [0.25, 0.3) is 0 Å². The van der Waals surface area contributed by atoms with Gasteiger partial charge >= 0.3 is 6.98 Å². The number of rotatable bonds is 5. The smallest absolute Gasteiger partial charge is 0.449 e. The Morgan fingerprint density at radius 3 is 2.35 bits per heavy atom. The van der Waals surface area contributed by atoms with E-state index in [1.165, 1.54) is 0 Å². The van der Waals surface area contributed by atoms with Crippen molar-refractivity contribution in [3.05, 3.63) is 35.9 Å². The van der Waals surface area contributed by atoms with E-state index in [4.69, 9.17) is 4.74 Å². The lowest BCUT2D eigenvalue weighted by Gasteiger charge is -2.41. The van der Waals surface area contributed by atoms with E-state index in [0.29, 0.717) is 13.2 Å². The van der Waals surface area contributed by atoms with E-state index in [1.54, 1.807) is 0 Å². The third kappa shape index (κ3) is 3.50. The van der Waals surface area contributed by atoms with Crippen molar-refractivity contribution in [3.8, 4) is 0 Å². The van der Waals surface area contributed by atoms with Gasteiger partial charge < -0.3 is 17.7 Å². The number of halogens is 3. The average molecular weight is 243 g/mol. The van der Waals surface area contributed by atoms with Gasteiger partial charge in [0, 0.05) is 6.61 Å². The number of hydrogen-bond donors (Lipinski definition) is 0. The summed E-state index contributed by atoms with van der Waals surface area (Å²) in [4.78, 5) is 0. The highest BCUT2D eigenvalue weighted by atomic mass is 19.4. The monoisotopic (exact) mass is 243 g/mol. The molecule has 0 spiro atoms. The van der Waals surface area contributed by atoms with Gasteiger partial charge in [0.15, 0.2) is 0 Å². The molecule has 2 rings (SSSR count). The van der Waals surface area contributed by atoms with E-state index < -0.39 is 12.8 Å². The summed E-state index contributed by atoms with van der Waals surface area (Å²) in [6, 6.07) is 9.66. The molecule has 1 saturated carbocycles. The van der Waals surface area contributed by atoms with Crippen molar-refractivity contribution in [2.75, 3.05) is 6.61 Å². The van der Waals surface area contributed by atoms with Gasteiger partial charge in [0.25, 0.3) is 0 Å². The van der Waals surface area contributed by atoms with Crippen LogP contribution in [0.1, 0.15) is 18.4 Å². The first-order chi connectivity index (χ1) is 8.05. The standard InChI is InChI=1S/C12H15BF3O/c14-13(15,16)12-6-11(7-12)9-17-8-10-4-2-1-3-5-10/h1-5,11-12H,6-9H2/q-1. The first-order valence-corrected chi connectivity index (χ1v) is 5.87. The molecule has 0 unspecified atom stereocenters. The van der Waals surface area contributed by atoms with E-state index in [9.17, 15) is 12.9 Å². The van der Waals surface area contributed by atoms with E-state index >= 15 is 0 Å². The van der Waals surface area contributed by atoms with Crippen LogP contribution in [0.5, 0.6) is 0 Å². The van der Waals surface area contributed by atoms with Crippen LogP contribution in [0.4, 0.5) is 12.9 Å². The molecule has 1 aromatic rings. The molecule has 1 aromatic carbocycles. The summed E-state index contributed by atoms with van der Waals surface area (Å²) in [5, 5.41) is 0. The third-order valence-electron chi connectivity index (χ3n) is 3.27. The van der Waals surface area contributed by atoms with Gasteiger partial charge in [-0.25, -0.2) is 0 Å². The van der Waals surface area contributed by atoms with Crippen LogP contribution in [-0.4, -0.2) is 13.6 Å². The summed E-state index contributed by atoms with van der Waals surface area (Å²) < 4.78 is 42.3. The van der Waals surface area contributed by atoms with Crippen LogP contribution in [0.2, 0.25) is 5.82 Å². The summed E-state index contributed by atoms with van der Waals surface area (Å²) in [5.74, 6) is -0.951. The van der Waals surface area contributed by atoms with Crippen molar-refractivity contribution in [1.29, 1.82) is 0 Å². The maximum Gasteiger partial charge on any atom is 0.481 e. The van der Waals surface area contributed by atoms with E-state index in [1.807, 2.05) is 30.3 Å². The predicted octanol–water partition coefficient (Wildman–Crippen LogP) is 3.83. The minimum absolute atomic E-state index is 0.0900. The van der Waals surface area contributed by atoms with E-state index in [0.717, 1.165) is 5.56 Å². The molecular weight excluding hydrogens is 228 g/mol. The molecule has 0 aliphatic heterocycles. The maximum atomic E-state index is 12.3.